The molecule has 0 saturated carbocycles. The molecule has 14 nitrogen and oxygen atoms in total. The molecule has 0 aromatic heterocycles. The fraction of sp³-hybridized carbons (Fsp3) is 0.533. The number of Topliss-reactive ketones (excluding diaryl/α,β-unsaturated/α-hetero) is 1. The first kappa shape index (κ1) is 23.8. The highest BCUT2D eigenvalue weighted by molar-refractivity contribution is 5.83. The van der Waals surface area contributed by atoms with E-state index in [0.717, 1.165) is 12.1 Å². The molecule has 2 atom stereocenters. The van der Waals surface area contributed by atoms with Gasteiger partial charge in [-0.05, 0) is 18.9 Å². The molecule has 0 fully saturated rings. The van der Waals surface area contributed by atoms with E-state index in [-0.39, 0.29) is 18.7 Å². The Morgan fingerprint density at radius 3 is 2.10 bits per heavy atom. The van der Waals surface area contributed by atoms with Gasteiger partial charge < -0.3 is 20.6 Å². The lowest BCUT2D eigenvalue weighted by Crippen LogP contribution is -2.36. The number of anilines is 1. The van der Waals surface area contributed by atoms with Crippen molar-refractivity contribution in [3.05, 3.63) is 42.5 Å². The van der Waals surface area contributed by atoms with Crippen LogP contribution >= 0.6 is 0 Å². The van der Waals surface area contributed by atoms with Crippen molar-refractivity contribution in [1.82, 2.24) is 0 Å². The third kappa shape index (κ3) is 6.41. The molecule has 1 aromatic rings. The van der Waals surface area contributed by atoms with Crippen LogP contribution in [0.4, 0.5) is 22.7 Å². The van der Waals surface area contributed by atoms with Crippen molar-refractivity contribution < 1.29 is 34.9 Å². The van der Waals surface area contributed by atoms with Crippen LogP contribution in [0, 0.1) is 30.3 Å². The van der Waals surface area contributed by atoms with Crippen LogP contribution in [0.25, 0.3) is 0 Å². The minimum atomic E-state index is -1.68. The molecule has 0 spiro atoms. The van der Waals surface area contributed by atoms with Gasteiger partial charge in [-0.25, -0.2) is 0 Å². The van der Waals surface area contributed by atoms with Crippen molar-refractivity contribution in [3.8, 4) is 0 Å². The van der Waals surface area contributed by atoms with E-state index in [1.165, 1.54) is 0 Å². The van der Waals surface area contributed by atoms with Crippen molar-refractivity contribution in [2.24, 2.45) is 0 Å². The minimum absolute atomic E-state index is 0.0542. The number of carbonyl (C=O) groups is 1. The van der Waals surface area contributed by atoms with Crippen molar-refractivity contribution in [3.63, 3.8) is 0 Å². The molecule has 0 bridgehead atoms. The summed E-state index contributed by atoms with van der Waals surface area (Å²) in [4.78, 5) is 41.4. The van der Waals surface area contributed by atoms with Crippen LogP contribution in [0.1, 0.15) is 25.7 Å². The number of nitro benzene ring substituents is 3. The number of aliphatic hydroxyl groups excluding tert-OH is 3. The smallest absolute Gasteiger partial charge is 0.394 e. The van der Waals surface area contributed by atoms with Crippen LogP contribution in [0.3, 0.4) is 0 Å². The normalized spacial score (nSPS) is 12.8. The summed E-state index contributed by atoms with van der Waals surface area (Å²) in [5.74, 6) is -0.638. The number of carbonyl (C=O) groups excluding carboxylic acids is 1. The lowest BCUT2D eigenvalue weighted by atomic mass is 10.0. The fourth-order valence-electron chi connectivity index (χ4n) is 2.51. The predicted octanol–water partition coefficient (Wildman–Crippen LogP) is 0.667. The van der Waals surface area contributed by atoms with Crippen molar-refractivity contribution in [2.75, 3.05) is 18.5 Å². The maximum absolute atomic E-state index is 11.6. The van der Waals surface area contributed by atoms with Crippen LogP contribution in [-0.2, 0) is 4.79 Å². The Bertz CT molecular complexity index is 785. The first-order chi connectivity index (χ1) is 13.6. The zero-order chi connectivity index (χ0) is 22.1. The molecule has 0 amide bonds. The summed E-state index contributed by atoms with van der Waals surface area (Å²) < 4.78 is 0. The average Bonchev–Trinajstić information content (AvgIpc) is 2.67. The summed E-state index contributed by atoms with van der Waals surface area (Å²) in [7, 11) is 0. The van der Waals surface area contributed by atoms with E-state index in [1.54, 1.807) is 0 Å². The van der Waals surface area contributed by atoms with Gasteiger partial charge in [0.25, 0.3) is 0 Å². The lowest BCUT2D eigenvalue weighted by Gasteiger charge is -2.14. The highest BCUT2D eigenvalue weighted by Gasteiger charge is 2.38. The molecule has 0 saturated heterocycles. The summed E-state index contributed by atoms with van der Waals surface area (Å²) in [5, 5.41) is 63.1. The quantitative estimate of drug-likeness (QED) is 0.199. The van der Waals surface area contributed by atoms with Crippen molar-refractivity contribution in [2.45, 2.75) is 37.9 Å². The van der Waals surface area contributed by atoms with Crippen LogP contribution < -0.4 is 5.32 Å². The molecule has 1 rings (SSSR count). The van der Waals surface area contributed by atoms with Gasteiger partial charge in [0.2, 0.25) is 0 Å². The summed E-state index contributed by atoms with van der Waals surface area (Å²) in [6, 6.07) is 1.82. The Morgan fingerprint density at radius 2 is 1.59 bits per heavy atom. The molecule has 4 N–H and O–H groups in total. The molecule has 0 aliphatic heterocycles. The zero-order valence-corrected chi connectivity index (χ0v) is 15.1. The second kappa shape index (κ2) is 10.9. The number of nitro groups is 3. The van der Waals surface area contributed by atoms with Gasteiger partial charge in [-0.1, -0.05) is 6.42 Å². The van der Waals surface area contributed by atoms with Crippen LogP contribution in [0.5, 0.6) is 0 Å². The molecule has 0 heterocycles. The van der Waals surface area contributed by atoms with E-state index in [4.69, 9.17) is 5.11 Å². The Balaban J connectivity index is 2.68. The topological polar surface area (TPSA) is 219 Å². The molecular formula is C15H20N4O10. The third-order valence-corrected chi connectivity index (χ3v) is 3.99. The van der Waals surface area contributed by atoms with Gasteiger partial charge in [-0.2, -0.15) is 0 Å². The largest absolute Gasteiger partial charge is 0.424 e. The molecule has 0 aliphatic rings. The van der Waals surface area contributed by atoms with Crippen LogP contribution in [-0.4, -0.2) is 61.2 Å². The highest BCUT2D eigenvalue weighted by atomic mass is 16.6. The number of ketones is 1. The molecule has 0 radical (unpaired) electrons. The second-order valence-electron chi connectivity index (χ2n) is 6.00. The standard InChI is InChI=1S/C15H20N4O10/c20-8-12(22)15(23)11(21)4-2-1-3-7-16-9-5-6-10(17(24)25)14(19(28)29)13(9)18(26)27/h5-6,12,15-16,20,22-23H,1-4,7-8H2/t12-,15?/m0/s1. The summed E-state index contributed by atoms with van der Waals surface area (Å²) in [5.41, 5.74) is -3.47. The molecule has 29 heavy (non-hydrogen) atoms. The van der Waals surface area contributed by atoms with Gasteiger partial charge in [0.15, 0.2) is 5.78 Å². The molecular weight excluding hydrogens is 396 g/mol. The first-order valence-electron chi connectivity index (χ1n) is 8.45. The van der Waals surface area contributed by atoms with Crippen LogP contribution in [0.2, 0.25) is 0 Å². The SMILES string of the molecule is O=C(CCCCCNc1ccc([N+](=O)[O-])c([N+](=O)[O-])c1[N+](=O)[O-])C(O)[C@@H](O)CO. The first-order valence-corrected chi connectivity index (χ1v) is 8.45. The fourth-order valence-corrected chi connectivity index (χ4v) is 2.51. The molecule has 14 heteroatoms. The van der Waals surface area contributed by atoms with Gasteiger partial charge in [-0.15, -0.1) is 0 Å². The summed E-state index contributed by atoms with van der Waals surface area (Å²) in [6.07, 6.45) is -2.11. The van der Waals surface area contributed by atoms with Gasteiger partial charge in [0.05, 0.1) is 21.4 Å². The van der Waals surface area contributed by atoms with Gasteiger partial charge in [0.1, 0.15) is 17.9 Å². The Kier molecular flexibility index (Phi) is 8.98. The van der Waals surface area contributed by atoms with E-state index in [2.05, 4.69) is 5.32 Å². The van der Waals surface area contributed by atoms with Crippen LogP contribution in [0.15, 0.2) is 12.1 Å². The van der Waals surface area contributed by atoms with Gasteiger partial charge in [-0.3, -0.25) is 35.1 Å². The van der Waals surface area contributed by atoms with E-state index in [0.29, 0.717) is 19.3 Å². The molecule has 0 aliphatic carbocycles. The Morgan fingerprint density at radius 1 is 0.966 bits per heavy atom. The maximum Gasteiger partial charge on any atom is 0.424 e. The number of unbranched alkanes of at least 4 members (excludes halogenated alkanes) is 2. The minimum Gasteiger partial charge on any atom is -0.394 e. The number of nitrogens with one attached hydrogen (secondary N) is 1. The Labute approximate surface area is 163 Å². The van der Waals surface area contributed by atoms with E-state index in [9.17, 15) is 45.4 Å². The predicted molar refractivity (Wildman–Crippen MR) is 97.5 cm³/mol. The number of aliphatic hydroxyl groups is 3. The van der Waals surface area contributed by atoms with Gasteiger partial charge in [0, 0.05) is 19.0 Å². The Hall–Kier alpha value is -3.23. The van der Waals surface area contributed by atoms with E-state index >= 15 is 0 Å². The summed E-state index contributed by atoms with van der Waals surface area (Å²) in [6.45, 7) is -0.622. The molecule has 1 aromatic carbocycles. The number of nitrogens with zero attached hydrogens (tertiary/aromatic N) is 3. The molecule has 1 unspecified atom stereocenters. The number of benzene rings is 1. The van der Waals surface area contributed by atoms with E-state index in [1.807, 2.05) is 0 Å². The van der Waals surface area contributed by atoms with Crippen molar-refractivity contribution in [1.29, 1.82) is 0 Å². The molecule has 160 valence electrons. The number of rotatable bonds is 13. The lowest BCUT2D eigenvalue weighted by molar-refractivity contribution is -0.440. The van der Waals surface area contributed by atoms with Crippen molar-refractivity contribution >= 4 is 28.5 Å². The zero-order valence-electron chi connectivity index (χ0n) is 15.1. The third-order valence-electron chi connectivity index (χ3n) is 3.99. The summed E-state index contributed by atoms with van der Waals surface area (Å²) >= 11 is 0. The van der Waals surface area contributed by atoms with E-state index < -0.39 is 56.4 Å². The monoisotopic (exact) mass is 416 g/mol. The second-order valence-corrected chi connectivity index (χ2v) is 6.00. The maximum atomic E-state index is 11.6. The van der Waals surface area contributed by atoms with Gasteiger partial charge >= 0.3 is 17.1 Å². The highest BCUT2D eigenvalue weighted by Crippen LogP contribution is 2.41. The average molecular weight is 416 g/mol. The number of hydrogen-bond donors (Lipinski definition) is 4. The number of hydrogen-bond acceptors (Lipinski definition) is 11.